The zero-order valence-electron chi connectivity index (χ0n) is 18.6. The van der Waals surface area contributed by atoms with E-state index in [1.54, 1.807) is 10.7 Å². The minimum Gasteiger partial charge on any atom is -0.372 e. The van der Waals surface area contributed by atoms with Crippen molar-refractivity contribution in [3.05, 3.63) is 23.5 Å². The van der Waals surface area contributed by atoms with Crippen LogP contribution < -0.4 is 10.2 Å². The fraction of sp³-hybridized carbons (Fsp3) is 0.667. The van der Waals surface area contributed by atoms with Gasteiger partial charge in [0.1, 0.15) is 11.6 Å². The van der Waals surface area contributed by atoms with Crippen molar-refractivity contribution >= 4 is 11.6 Å². The molecule has 2 aromatic heterocycles. The van der Waals surface area contributed by atoms with E-state index >= 15 is 0 Å². The van der Waals surface area contributed by atoms with Crippen LogP contribution in [-0.2, 0) is 9.47 Å². The molecular formula is C21H28F4N6O2. The van der Waals surface area contributed by atoms with Gasteiger partial charge in [0, 0.05) is 43.7 Å². The third-order valence-electron chi connectivity index (χ3n) is 5.84. The SMILES string of the molecule is Cc1cc(C)n(-c2nc(NC3CCC(F)(F)CC3)cc(N3CCOC(COC(F)F)C3)n2)n1. The first-order valence-electron chi connectivity index (χ1n) is 11.0. The molecule has 0 aromatic carbocycles. The molecule has 1 unspecified atom stereocenters. The maximum Gasteiger partial charge on any atom is 0.345 e. The molecule has 0 spiro atoms. The van der Waals surface area contributed by atoms with Crippen molar-refractivity contribution in [1.82, 2.24) is 19.7 Å². The lowest BCUT2D eigenvalue weighted by Gasteiger charge is -2.34. The second kappa shape index (κ2) is 9.80. The van der Waals surface area contributed by atoms with Crippen molar-refractivity contribution in [1.29, 1.82) is 0 Å². The standard InChI is InChI=1S/C21H28F4N6O2/c1-13-9-14(2)31(29-13)20-27-17(26-15-3-5-21(24,25)6-4-15)10-18(28-20)30-7-8-32-16(11-30)12-33-19(22)23/h9-10,15-16,19H,3-8,11-12H2,1-2H3,(H,26,27,28). The van der Waals surface area contributed by atoms with Crippen LogP contribution in [-0.4, -0.2) is 70.7 Å². The lowest BCUT2D eigenvalue weighted by Crippen LogP contribution is -2.45. The van der Waals surface area contributed by atoms with E-state index in [1.807, 2.05) is 24.8 Å². The summed E-state index contributed by atoms with van der Waals surface area (Å²) in [4.78, 5) is 11.2. The maximum absolute atomic E-state index is 13.6. The van der Waals surface area contributed by atoms with Crippen LogP contribution in [0.3, 0.4) is 0 Å². The van der Waals surface area contributed by atoms with Gasteiger partial charge in [0.25, 0.3) is 5.95 Å². The van der Waals surface area contributed by atoms with E-state index in [-0.39, 0.29) is 25.5 Å². The fourth-order valence-corrected chi connectivity index (χ4v) is 4.19. The highest BCUT2D eigenvalue weighted by Gasteiger charge is 2.35. The van der Waals surface area contributed by atoms with Crippen LogP contribution in [0.1, 0.15) is 37.1 Å². The van der Waals surface area contributed by atoms with Gasteiger partial charge in [-0.05, 0) is 32.8 Å². The van der Waals surface area contributed by atoms with Crippen LogP contribution in [0.15, 0.2) is 12.1 Å². The summed E-state index contributed by atoms with van der Waals surface area (Å²) in [5.74, 6) is -1.20. The third kappa shape index (κ3) is 6.11. The molecule has 2 fully saturated rings. The summed E-state index contributed by atoms with van der Waals surface area (Å²) in [5, 5.41) is 7.73. The van der Waals surface area contributed by atoms with Crippen molar-refractivity contribution in [3.8, 4) is 5.95 Å². The van der Waals surface area contributed by atoms with Crippen LogP contribution in [0.25, 0.3) is 5.95 Å². The number of aromatic nitrogens is 4. The van der Waals surface area contributed by atoms with Crippen molar-refractivity contribution in [2.24, 2.45) is 0 Å². The van der Waals surface area contributed by atoms with Crippen LogP contribution in [0, 0.1) is 13.8 Å². The fourth-order valence-electron chi connectivity index (χ4n) is 4.19. The summed E-state index contributed by atoms with van der Waals surface area (Å²) < 4.78 is 63.6. The Morgan fingerprint density at radius 3 is 2.64 bits per heavy atom. The quantitative estimate of drug-likeness (QED) is 0.616. The second-order valence-corrected chi connectivity index (χ2v) is 8.56. The molecule has 1 aliphatic carbocycles. The molecule has 1 N–H and O–H groups in total. The average molecular weight is 472 g/mol. The van der Waals surface area contributed by atoms with Gasteiger partial charge < -0.3 is 19.7 Å². The number of halogens is 4. The first kappa shape index (κ1) is 23.7. The number of nitrogens with one attached hydrogen (secondary N) is 1. The van der Waals surface area contributed by atoms with E-state index in [9.17, 15) is 17.6 Å². The molecule has 33 heavy (non-hydrogen) atoms. The molecule has 1 aliphatic heterocycles. The predicted octanol–water partition coefficient (Wildman–Crippen LogP) is 3.71. The third-order valence-corrected chi connectivity index (χ3v) is 5.84. The highest BCUT2D eigenvalue weighted by Crippen LogP contribution is 2.34. The van der Waals surface area contributed by atoms with E-state index in [0.29, 0.717) is 50.1 Å². The topological polar surface area (TPSA) is 77.3 Å². The summed E-state index contributed by atoms with van der Waals surface area (Å²) in [6.45, 7) is 1.81. The number of anilines is 2. The first-order chi connectivity index (χ1) is 15.7. The van der Waals surface area contributed by atoms with Crippen LogP contribution >= 0.6 is 0 Å². The van der Waals surface area contributed by atoms with Crippen molar-refractivity contribution < 1.29 is 27.0 Å². The minimum absolute atomic E-state index is 0.127. The molecule has 2 aliphatic rings. The lowest BCUT2D eigenvalue weighted by molar-refractivity contribution is -0.155. The number of morpholine rings is 1. The molecule has 2 aromatic rings. The molecule has 1 atom stereocenters. The van der Waals surface area contributed by atoms with E-state index in [0.717, 1.165) is 11.4 Å². The minimum atomic E-state index is -2.86. The summed E-state index contributed by atoms with van der Waals surface area (Å²) in [6.07, 6.45) is -0.181. The Kier molecular flexibility index (Phi) is 7.03. The Morgan fingerprint density at radius 1 is 1.21 bits per heavy atom. The average Bonchev–Trinajstić information content (AvgIpc) is 3.12. The Labute approximate surface area is 189 Å². The zero-order valence-corrected chi connectivity index (χ0v) is 18.6. The van der Waals surface area contributed by atoms with Crippen LogP contribution in [0.5, 0.6) is 0 Å². The molecule has 8 nitrogen and oxygen atoms in total. The van der Waals surface area contributed by atoms with E-state index < -0.39 is 18.6 Å². The van der Waals surface area contributed by atoms with Crippen molar-refractivity contribution in [2.75, 3.05) is 36.5 Å². The largest absolute Gasteiger partial charge is 0.372 e. The molecule has 0 amide bonds. The summed E-state index contributed by atoms with van der Waals surface area (Å²) in [6, 6.07) is 3.52. The predicted molar refractivity (Wildman–Crippen MR) is 113 cm³/mol. The van der Waals surface area contributed by atoms with E-state index in [4.69, 9.17) is 4.74 Å². The zero-order chi connectivity index (χ0) is 23.6. The number of rotatable bonds is 7. The Morgan fingerprint density at radius 2 is 1.97 bits per heavy atom. The monoisotopic (exact) mass is 472 g/mol. The first-order valence-corrected chi connectivity index (χ1v) is 11.0. The highest BCUT2D eigenvalue weighted by molar-refractivity contribution is 5.52. The summed E-state index contributed by atoms with van der Waals surface area (Å²) in [5.41, 5.74) is 1.65. The number of hydrogen-bond acceptors (Lipinski definition) is 7. The number of alkyl halides is 4. The van der Waals surface area contributed by atoms with Gasteiger partial charge in [0.05, 0.1) is 25.0 Å². The Balaban J connectivity index is 1.58. The molecule has 0 bridgehead atoms. The normalized spacial score (nSPS) is 21.5. The molecule has 4 rings (SSSR count). The second-order valence-electron chi connectivity index (χ2n) is 8.56. The molecular weight excluding hydrogens is 444 g/mol. The number of aryl methyl sites for hydroxylation is 2. The molecule has 12 heteroatoms. The van der Waals surface area contributed by atoms with Gasteiger partial charge in [-0.1, -0.05) is 0 Å². The Bertz CT molecular complexity index is 947. The van der Waals surface area contributed by atoms with Gasteiger partial charge in [-0.3, -0.25) is 0 Å². The van der Waals surface area contributed by atoms with Crippen molar-refractivity contribution in [2.45, 2.75) is 64.2 Å². The molecule has 1 saturated heterocycles. The number of hydrogen-bond donors (Lipinski definition) is 1. The summed E-state index contributed by atoms with van der Waals surface area (Å²) >= 11 is 0. The van der Waals surface area contributed by atoms with Gasteiger partial charge in [-0.2, -0.15) is 23.8 Å². The molecule has 182 valence electrons. The van der Waals surface area contributed by atoms with Gasteiger partial charge >= 0.3 is 6.61 Å². The smallest absolute Gasteiger partial charge is 0.345 e. The van der Waals surface area contributed by atoms with Gasteiger partial charge in [0.15, 0.2) is 0 Å². The van der Waals surface area contributed by atoms with E-state index in [2.05, 4.69) is 25.1 Å². The van der Waals surface area contributed by atoms with Crippen molar-refractivity contribution in [3.63, 3.8) is 0 Å². The van der Waals surface area contributed by atoms with Gasteiger partial charge in [0.2, 0.25) is 5.92 Å². The Hall–Kier alpha value is -2.47. The maximum atomic E-state index is 13.6. The number of ether oxygens (including phenoxy) is 2. The lowest BCUT2D eigenvalue weighted by atomic mass is 9.92. The highest BCUT2D eigenvalue weighted by atomic mass is 19.3. The van der Waals surface area contributed by atoms with E-state index in [1.165, 1.54) is 0 Å². The molecule has 1 saturated carbocycles. The molecule has 3 heterocycles. The van der Waals surface area contributed by atoms with Gasteiger partial charge in [-0.25, -0.2) is 13.5 Å². The summed E-state index contributed by atoms with van der Waals surface area (Å²) in [7, 11) is 0. The van der Waals surface area contributed by atoms with Crippen LogP contribution in [0.2, 0.25) is 0 Å². The van der Waals surface area contributed by atoms with Gasteiger partial charge in [-0.15, -0.1) is 0 Å². The van der Waals surface area contributed by atoms with Crippen LogP contribution in [0.4, 0.5) is 29.2 Å². The molecule has 0 radical (unpaired) electrons. The number of nitrogens with zero attached hydrogens (tertiary/aromatic N) is 5.